The van der Waals surface area contributed by atoms with Gasteiger partial charge < -0.3 is 4.74 Å². The number of ether oxygens (including phenoxy) is 1. The van der Waals surface area contributed by atoms with Gasteiger partial charge in [-0.15, -0.1) is 0 Å². The quantitative estimate of drug-likeness (QED) is 0.708. The Labute approximate surface area is 78.9 Å². The van der Waals surface area contributed by atoms with Crippen LogP contribution in [-0.2, 0) is 4.74 Å². The molecule has 0 spiro atoms. The van der Waals surface area contributed by atoms with E-state index in [0.29, 0.717) is 6.04 Å². The molecular weight excluding hydrogens is 162 g/mol. The minimum absolute atomic E-state index is 0.186. The lowest BCUT2D eigenvalue weighted by atomic mass is 10.1. The molecule has 0 radical (unpaired) electrons. The summed E-state index contributed by atoms with van der Waals surface area (Å²) < 4.78 is 5.44. The zero-order valence-electron chi connectivity index (χ0n) is 8.08. The number of rotatable bonds is 1. The second-order valence-corrected chi connectivity index (χ2v) is 3.61. The number of benzene rings is 1. The molecule has 0 aromatic heterocycles. The molecule has 0 bridgehead atoms. The molecule has 13 heavy (non-hydrogen) atoms. The standard InChI is InChI=1S/C11H15NO/c1-8-3-5-10(6-4-8)11-7-13-9(2)12-11/h3-6,9,11-12H,7H2,1-2H3. The van der Waals surface area contributed by atoms with Gasteiger partial charge in [-0.1, -0.05) is 29.8 Å². The van der Waals surface area contributed by atoms with Crippen molar-refractivity contribution in [3.8, 4) is 0 Å². The summed E-state index contributed by atoms with van der Waals surface area (Å²) in [7, 11) is 0. The van der Waals surface area contributed by atoms with Crippen LogP contribution in [-0.4, -0.2) is 12.8 Å². The van der Waals surface area contributed by atoms with Crippen molar-refractivity contribution in [3.05, 3.63) is 35.4 Å². The van der Waals surface area contributed by atoms with Crippen LogP contribution in [0.2, 0.25) is 0 Å². The second kappa shape index (κ2) is 3.48. The first-order valence-electron chi connectivity index (χ1n) is 4.70. The summed E-state index contributed by atoms with van der Waals surface area (Å²) in [5, 5.41) is 3.37. The Hall–Kier alpha value is -0.860. The first kappa shape index (κ1) is 8.73. The van der Waals surface area contributed by atoms with E-state index in [2.05, 4.69) is 36.5 Å². The molecule has 1 aromatic carbocycles. The van der Waals surface area contributed by atoms with Gasteiger partial charge in [-0.05, 0) is 19.4 Å². The van der Waals surface area contributed by atoms with Gasteiger partial charge in [-0.25, -0.2) is 0 Å². The smallest absolute Gasteiger partial charge is 0.105 e. The van der Waals surface area contributed by atoms with Crippen molar-refractivity contribution in [1.29, 1.82) is 0 Å². The van der Waals surface area contributed by atoms with Gasteiger partial charge in [0, 0.05) is 0 Å². The normalized spacial score (nSPS) is 27.8. The predicted molar refractivity (Wildman–Crippen MR) is 52.5 cm³/mol. The van der Waals surface area contributed by atoms with Crippen LogP contribution in [0.3, 0.4) is 0 Å². The summed E-state index contributed by atoms with van der Waals surface area (Å²) in [5.41, 5.74) is 2.62. The van der Waals surface area contributed by atoms with E-state index in [1.807, 2.05) is 6.92 Å². The largest absolute Gasteiger partial charge is 0.362 e. The Bertz CT molecular complexity index is 281. The monoisotopic (exact) mass is 177 g/mol. The Balaban J connectivity index is 2.13. The Morgan fingerprint density at radius 1 is 1.31 bits per heavy atom. The summed E-state index contributed by atoms with van der Waals surface area (Å²) in [6.07, 6.45) is 0.186. The summed E-state index contributed by atoms with van der Waals surface area (Å²) >= 11 is 0. The Kier molecular flexibility index (Phi) is 2.34. The van der Waals surface area contributed by atoms with E-state index < -0.39 is 0 Å². The molecule has 2 nitrogen and oxygen atoms in total. The van der Waals surface area contributed by atoms with Gasteiger partial charge in [0.05, 0.1) is 12.6 Å². The van der Waals surface area contributed by atoms with E-state index in [0.717, 1.165) is 6.61 Å². The van der Waals surface area contributed by atoms with Crippen molar-refractivity contribution in [1.82, 2.24) is 5.32 Å². The van der Waals surface area contributed by atoms with Crippen LogP contribution in [0.5, 0.6) is 0 Å². The lowest BCUT2D eigenvalue weighted by molar-refractivity contribution is 0.115. The van der Waals surface area contributed by atoms with Gasteiger partial charge in [-0.2, -0.15) is 0 Å². The van der Waals surface area contributed by atoms with E-state index in [4.69, 9.17) is 4.74 Å². The third-order valence-electron chi connectivity index (χ3n) is 2.43. The lowest BCUT2D eigenvalue weighted by Gasteiger charge is -2.09. The fourth-order valence-electron chi connectivity index (χ4n) is 1.61. The SMILES string of the molecule is Cc1ccc(C2COC(C)N2)cc1. The van der Waals surface area contributed by atoms with Gasteiger partial charge >= 0.3 is 0 Å². The zero-order chi connectivity index (χ0) is 9.26. The average molecular weight is 177 g/mol. The molecule has 1 aromatic rings. The number of nitrogens with one attached hydrogen (secondary N) is 1. The van der Waals surface area contributed by atoms with Gasteiger partial charge in [0.1, 0.15) is 6.23 Å². The molecule has 0 saturated carbocycles. The van der Waals surface area contributed by atoms with Crippen molar-refractivity contribution < 1.29 is 4.74 Å². The molecule has 1 fully saturated rings. The average Bonchev–Trinajstić information content (AvgIpc) is 2.53. The summed E-state index contributed by atoms with van der Waals surface area (Å²) in [5.74, 6) is 0. The van der Waals surface area contributed by atoms with Gasteiger partial charge in [-0.3, -0.25) is 5.32 Å². The van der Waals surface area contributed by atoms with Crippen LogP contribution >= 0.6 is 0 Å². The molecule has 1 aliphatic rings. The molecule has 1 saturated heterocycles. The third-order valence-corrected chi connectivity index (χ3v) is 2.43. The minimum Gasteiger partial charge on any atom is -0.362 e. The van der Waals surface area contributed by atoms with Gasteiger partial charge in [0.25, 0.3) is 0 Å². The highest BCUT2D eigenvalue weighted by atomic mass is 16.5. The van der Waals surface area contributed by atoms with Crippen LogP contribution in [0.25, 0.3) is 0 Å². The highest BCUT2D eigenvalue weighted by molar-refractivity contribution is 5.24. The van der Waals surface area contributed by atoms with Crippen molar-refractivity contribution >= 4 is 0 Å². The first-order valence-corrected chi connectivity index (χ1v) is 4.70. The molecule has 2 atom stereocenters. The summed E-state index contributed by atoms with van der Waals surface area (Å²) in [6.45, 7) is 4.92. The van der Waals surface area contributed by atoms with Crippen molar-refractivity contribution in [2.24, 2.45) is 0 Å². The van der Waals surface area contributed by atoms with Crippen LogP contribution in [0, 0.1) is 6.92 Å². The first-order chi connectivity index (χ1) is 6.25. The minimum atomic E-state index is 0.186. The van der Waals surface area contributed by atoms with Crippen LogP contribution < -0.4 is 5.32 Å². The number of hydrogen-bond donors (Lipinski definition) is 1. The van der Waals surface area contributed by atoms with E-state index in [1.165, 1.54) is 11.1 Å². The van der Waals surface area contributed by atoms with E-state index in [9.17, 15) is 0 Å². The van der Waals surface area contributed by atoms with E-state index in [1.54, 1.807) is 0 Å². The topological polar surface area (TPSA) is 21.3 Å². The molecule has 0 amide bonds. The Morgan fingerprint density at radius 2 is 2.00 bits per heavy atom. The fourth-order valence-corrected chi connectivity index (χ4v) is 1.61. The molecule has 1 heterocycles. The number of hydrogen-bond acceptors (Lipinski definition) is 2. The van der Waals surface area contributed by atoms with Crippen molar-refractivity contribution in [3.63, 3.8) is 0 Å². The van der Waals surface area contributed by atoms with Gasteiger partial charge in [0.2, 0.25) is 0 Å². The Morgan fingerprint density at radius 3 is 2.54 bits per heavy atom. The van der Waals surface area contributed by atoms with Crippen LogP contribution in [0.1, 0.15) is 24.1 Å². The van der Waals surface area contributed by atoms with Crippen LogP contribution in [0.15, 0.2) is 24.3 Å². The molecule has 2 unspecified atom stereocenters. The van der Waals surface area contributed by atoms with Crippen molar-refractivity contribution in [2.45, 2.75) is 26.1 Å². The summed E-state index contributed by atoms with van der Waals surface area (Å²) in [6, 6.07) is 8.97. The van der Waals surface area contributed by atoms with Gasteiger partial charge in [0.15, 0.2) is 0 Å². The van der Waals surface area contributed by atoms with E-state index >= 15 is 0 Å². The molecule has 70 valence electrons. The molecule has 2 rings (SSSR count). The highest BCUT2D eigenvalue weighted by Crippen LogP contribution is 2.19. The third kappa shape index (κ3) is 1.90. The maximum Gasteiger partial charge on any atom is 0.105 e. The van der Waals surface area contributed by atoms with E-state index in [-0.39, 0.29) is 6.23 Å². The molecular formula is C11H15NO. The molecule has 0 aliphatic carbocycles. The maximum atomic E-state index is 5.44. The molecule has 2 heteroatoms. The predicted octanol–water partition coefficient (Wildman–Crippen LogP) is 2.00. The fraction of sp³-hybridized carbons (Fsp3) is 0.455. The second-order valence-electron chi connectivity index (χ2n) is 3.61. The maximum absolute atomic E-state index is 5.44. The number of aryl methyl sites for hydroxylation is 1. The summed E-state index contributed by atoms with van der Waals surface area (Å²) in [4.78, 5) is 0. The zero-order valence-corrected chi connectivity index (χ0v) is 8.08. The van der Waals surface area contributed by atoms with Crippen LogP contribution in [0.4, 0.5) is 0 Å². The lowest BCUT2D eigenvalue weighted by Crippen LogP contribution is -2.21. The molecule has 1 aliphatic heterocycles. The highest BCUT2D eigenvalue weighted by Gasteiger charge is 2.21. The van der Waals surface area contributed by atoms with Crippen molar-refractivity contribution in [2.75, 3.05) is 6.61 Å². The molecule has 1 N–H and O–H groups in total.